The molecule has 6 nitrogen and oxygen atoms in total. The predicted molar refractivity (Wildman–Crippen MR) is 47.1 cm³/mol. The van der Waals surface area contributed by atoms with Gasteiger partial charge in [-0.1, -0.05) is 0 Å². The summed E-state index contributed by atoms with van der Waals surface area (Å²) in [6.07, 6.45) is -0.794. The number of rotatable bonds is 2. The Kier molecular flexibility index (Phi) is 2.77. The Balaban J connectivity index is 2.91. The van der Waals surface area contributed by atoms with Gasteiger partial charge in [-0.3, -0.25) is 9.59 Å². The van der Waals surface area contributed by atoms with Gasteiger partial charge in [0.1, 0.15) is 5.41 Å². The summed E-state index contributed by atoms with van der Waals surface area (Å²) in [5, 5.41) is 18.3. The molecule has 0 spiro atoms. The number of nitrogens with two attached hydrogens (primary N) is 2. The van der Waals surface area contributed by atoms with Crippen LogP contribution in [0.2, 0.25) is 0 Å². The van der Waals surface area contributed by atoms with Crippen LogP contribution in [0.3, 0.4) is 0 Å². The van der Waals surface area contributed by atoms with Gasteiger partial charge in [-0.05, 0) is 19.3 Å². The van der Waals surface area contributed by atoms with Gasteiger partial charge in [-0.25, -0.2) is 0 Å². The number of carbonyl (C=O) groups is 2. The number of carboxylic acids is 1. The molecule has 0 aromatic carbocycles. The van der Waals surface area contributed by atoms with Crippen molar-refractivity contribution in [2.45, 2.75) is 31.4 Å². The van der Waals surface area contributed by atoms with E-state index in [1.54, 1.807) is 0 Å². The standard InChI is InChI=1S/C8H14N2O4/c9-4-1-2-8(6(10)12,7(13)14)3-5(4)11/h4-5,11H,1-3,9H2,(H2,10,12)(H,13,14)/t4-,5-,8-/m1/s1. The SMILES string of the molecule is NC(=O)[C@@]1(C(=O)O)CC[C@@H](N)[C@H](O)C1. The van der Waals surface area contributed by atoms with E-state index in [0.717, 1.165) is 0 Å². The van der Waals surface area contributed by atoms with Crippen LogP contribution in [0.5, 0.6) is 0 Å². The molecule has 14 heavy (non-hydrogen) atoms. The van der Waals surface area contributed by atoms with E-state index < -0.39 is 29.4 Å². The minimum atomic E-state index is -1.64. The van der Waals surface area contributed by atoms with Gasteiger partial charge < -0.3 is 21.7 Å². The molecule has 0 radical (unpaired) electrons. The van der Waals surface area contributed by atoms with Crippen LogP contribution in [-0.2, 0) is 9.59 Å². The fraction of sp³-hybridized carbons (Fsp3) is 0.750. The number of primary amides is 1. The second kappa shape index (κ2) is 3.55. The molecular formula is C8H14N2O4. The Morgan fingerprint density at radius 2 is 2.00 bits per heavy atom. The minimum Gasteiger partial charge on any atom is -0.480 e. The first-order valence-electron chi connectivity index (χ1n) is 4.37. The molecule has 0 aliphatic heterocycles. The Bertz CT molecular complexity index is 252. The average Bonchev–Trinajstić information content (AvgIpc) is 2.09. The summed E-state index contributed by atoms with van der Waals surface area (Å²) in [5.41, 5.74) is 8.90. The smallest absolute Gasteiger partial charge is 0.319 e. The quantitative estimate of drug-likeness (QED) is 0.402. The van der Waals surface area contributed by atoms with Crippen molar-refractivity contribution < 1.29 is 19.8 Å². The Labute approximate surface area is 80.9 Å². The van der Waals surface area contributed by atoms with Crippen LogP contribution in [0.4, 0.5) is 0 Å². The van der Waals surface area contributed by atoms with E-state index >= 15 is 0 Å². The van der Waals surface area contributed by atoms with Crippen LogP contribution in [0.15, 0.2) is 0 Å². The molecule has 1 saturated carbocycles. The monoisotopic (exact) mass is 202 g/mol. The third kappa shape index (κ3) is 1.58. The Hall–Kier alpha value is -1.14. The molecule has 3 atom stereocenters. The summed E-state index contributed by atoms with van der Waals surface area (Å²) in [4.78, 5) is 22.0. The summed E-state index contributed by atoms with van der Waals surface area (Å²) in [5.74, 6) is -2.19. The van der Waals surface area contributed by atoms with Crippen molar-refractivity contribution in [2.75, 3.05) is 0 Å². The highest BCUT2D eigenvalue weighted by atomic mass is 16.4. The fourth-order valence-corrected chi connectivity index (χ4v) is 1.74. The molecule has 0 aromatic rings. The third-order valence-electron chi connectivity index (χ3n) is 2.84. The Morgan fingerprint density at radius 1 is 1.43 bits per heavy atom. The molecule has 0 aromatic heterocycles. The van der Waals surface area contributed by atoms with E-state index in [9.17, 15) is 14.7 Å². The number of carboxylic acid groups (broad SMARTS) is 1. The molecule has 80 valence electrons. The maximum absolute atomic E-state index is 11.1. The molecular weight excluding hydrogens is 188 g/mol. The lowest BCUT2D eigenvalue weighted by atomic mass is 9.71. The molecule has 6 N–H and O–H groups in total. The first-order chi connectivity index (χ1) is 6.40. The second-order valence-corrected chi connectivity index (χ2v) is 3.73. The number of hydrogen-bond acceptors (Lipinski definition) is 4. The van der Waals surface area contributed by atoms with Crippen LogP contribution in [0.25, 0.3) is 0 Å². The van der Waals surface area contributed by atoms with Crippen molar-refractivity contribution in [3.63, 3.8) is 0 Å². The summed E-state index contributed by atoms with van der Waals surface area (Å²) in [6, 6.07) is -0.471. The van der Waals surface area contributed by atoms with Crippen molar-refractivity contribution in [2.24, 2.45) is 16.9 Å². The van der Waals surface area contributed by atoms with E-state index in [0.29, 0.717) is 0 Å². The van der Waals surface area contributed by atoms with Crippen molar-refractivity contribution in [1.29, 1.82) is 0 Å². The first-order valence-corrected chi connectivity index (χ1v) is 4.37. The maximum atomic E-state index is 11.1. The lowest BCUT2D eigenvalue weighted by Crippen LogP contribution is -2.53. The summed E-state index contributed by atoms with van der Waals surface area (Å²) < 4.78 is 0. The van der Waals surface area contributed by atoms with Crippen LogP contribution in [0, 0.1) is 5.41 Å². The molecule has 6 heteroatoms. The van der Waals surface area contributed by atoms with Gasteiger partial charge in [0.25, 0.3) is 0 Å². The molecule has 1 aliphatic rings. The number of aliphatic hydroxyl groups excluding tert-OH is 1. The summed E-state index contributed by atoms with van der Waals surface area (Å²) >= 11 is 0. The topological polar surface area (TPSA) is 127 Å². The molecule has 1 amide bonds. The second-order valence-electron chi connectivity index (χ2n) is 3.73. The zero-order chi connectivity index (χ0) is 10.9. The minimum absolute atomic E-state index is 0.0931. The van der Waals surface area contributed by atoms with Gasteiger partial charge in [-0.2, -0.15) is 0 Å². The molecule has 1 fully saturated rings. The van der Waals surface area contributed by atoms with E-state index in [4.69, 9.17) is 16.6 Å². The number of aliphatic carboxylic acids is 1. The van der Waals surface area contributed by atoms with E-state index in [1.807, 2.05) is 0 Å². The molecule has 0 bridgehead atoms. The summed E-state index contributed by atoms with van der Waals surface area (Å²) in [6.45, 7) is 0. The molecule has 1 rings (SSSR count). The van der Waals surface area contributed by atoms with E-state index in [2.05, 4.69) is 0 Å². The fourth-order valence-electron chi connectivity index (χ4n) is 1.74. The number of amides is 1. The molecule has 0 saturated heterocycles. The van der Waals surface area contributed by atoms with Gasteiger partial charge in [0.2, 0.25) is 5.91 Å². The predicted octanol–water partition coefficient (Wildman–Crippen LogP) is -1.59. The van der Waals surface area contributed by atoms with Crippen LogP contribution in [0.1, 0.15) is 19.3 Å². The van der Waals surface area contributed by atoms with Gasteiger partial charge >= 0.3 is 5.97 Å². The average molecular weight is 202 g/mol. The molecule has 1 aliphatic carbocycles. The normalized spacial score (nSPS) is 37.9. The van der Waals surface area contributed by atoms with Crippen molar-refractivity contribution in [3.8, 4) is 0 Å². The zero-order valence-electron chi connectivity index (χ0n) is 7.64. The number of aliphatic hydroxyl groups is 1. The highest BCUT2D eigenvalue weighted by Gasteiger charge is 2.49. The van der Waals surface area contributed by atoms with E-state index in [-0.39, 0.29) is 19.3 Å². The largest absolute Gasteiger partial charge is 0.480 e. The van der Waals surface area contributed by atoms with Crippen molar-refractivity contribution in [3.05, 3.63) is 0 Å². The first kappa shape index (κ1) is 10.9. The van der Waals surface area contributed by atoms with Crippen molar-refractivity contribution >= 4 is 11.9 Å². The van der Waals surface area contributed by atoms with Gasteiger partial charge in [0.15, 0.2) is 0 Å². The highest BCUT2D eigenvalue weighted by Crippen LogP contribution is 2.36. The maximum Gasteiger partial charge on any atom is 0.319 e. The lowest BCUT2D eigenvalue weighted by molar-refractivity contribution is -0.160. The molecule has 0 unspecified atom stereocenters. The number of carbonyl (C=O) groups excluding carboxylic acids is 1. The van der Waals surface area contributed by atoms with Crippen LogP contribution in [-0.4, -0.2) is 34.2 Å². The summed E-state index contributed by atoms with van der Waals surface area (Å²) in [7, 11) is 0. The third-order valence-corrected chi connectivity index (χ3v) is 2.84. The van der Waals surface area contributed by atoms with Gasteiger partial charge in [0.05, 0.1) is 6.10 Å². The van der Waals surface area contributed by atoms with Gasteiger partial charge in [-0.15, -0.1) is 0 Å². The lowest BCUT2D eigenvalue weighted by Gasteiger charge is -2.36. The van der Waals surface area contributed by atoms with Gasteiger partial charge in [0, 0.05) is 6.04 Å². The van der Waals surface area contributed by atoms with Crippen molar-refractivity contribution in [1.82, 2.24) is 0 Å². The van der Waals surface area contributed by atoms with Crippen LogP contribution >= 0.6 is 0 Å². The number of hydrogen-bond donors (Lipinski definition) is 4. The Morgan fingerprint density at radius 3 is 2.36 bits per heavy atom. The highest BCUT2D eigenvalue weighted by molar-refractivity contribution is 6.01. The molecule has 0 heterocycles. The van der Waals surface area contributed by atoms with E-state index in [1.165, 1.54) is 0 Å². The van der Waals surface area contributed by atoms with Crippen LogP contribution < -0.4 is 11.5 Å². The zero-order valence-corrected chi connectivity index (χ0v) is 7.64.